The summed E-state index contributed by atoms with van der Waals surface area (Å²) in [5.74, 6) is -1.77. The van der Waals surface area contributed by atoms with Crippen molar-refractivity contribution in [2.24, 2.45) is 0 Å². The molecule has 0 saturated heterocycles. The normalized spacial score (nSPS) is 12.0. The van der Waals surface area contributed by atoms with Gasteiger partial charge in [0.1, 0.15) is 12.2 Å². The Hall–Kier alpha value is -3.91. The topological polar surface area (TPSA) is 105 Å². The molecule has 3 rings (SSSR count). The summed E-state index contributed by atoms with van der Waals surface area (Å²) in [5.41, 5.74) is 2.76. The van der Waals surface area contributed by atoms with E-state index in [2.05, 4.69) is 5.32 Å². The highest BCUT2D eigenvalue weighted by Crippen LogP contribution is 2.27. The molecular formula is C28H30FNO6. The van der Waals surface area contributed by atoms with Crippen molar-refractivity contribution in [3.05, 3.63) is 89.2 Å². The zero-order chi connectivity index (χ0) is 26.3. The van der Waals surface area contributed by atoms with Gasteiger partial charge in [0.05, 0.1) is 19.1 Å². The summed E-state index contributed by atoms with van der Waals surface area (Å²) in [4.78, 5) is 23.3. The first kappa shape index (κ1) is 26.7. The minimum Gasteiger partial charge on any atom is -0.486 e. The summed E-state index contributed by atoms with van der Waals surface area (Å²) < 4.78 is 25.3. The average molecular weight is 496 g/mol. The minimum atomic E-state index is -1.07. The van der Waals surface area contributed by atoms with E-state index in [0.29, 0.717) is 5.56 Å². The average Bonchev–Trinajstić information content (AvgIpc) is 2.81. The lowest BCUT2D eigenvalue weighted by atomic mass is 9.98. The second-order valence-corrected chi connectivity index (χ2v) is 9.29. The Kier molecular flexibility index (Phi) is 8.66. The van der Waals surface area contributed by atoms with E-state index >= 15 is 0 Å². The highest BCUT2D eigenvalue weighted by molar-refractivity contribution is 5.71. The van der Waals surface area contributed by atoms with Crippen molar-refractivity contribution in [2.75, 3.05) is 6.61 Å². The van der Waals surface area contributed by atoms with Gasteiger partial charge in [0, 0.05) is 5.56 Å². The van der Waals surface area contributed by atoms with Gasteiger partial charge in [-0.3, -0.25) is 4.79 Å². The van der Waals surface area contributed by atoms with Gasteiger partial charge in [0.2, 0.25) is 0 Å². The molecule has 8 heteroatoms. The van der Waals surface area contributed by atoms with Crippen LogP contribution >= 0.6 is 0 Å². The van der Waals surface area contributed by atoms with E-state index in [4.69, 9.17) is 14.6 Å². The number of aliphatic hydroxyl groups excluding tert-OH is 1. The van der Waals surface area contributed by atoms with Crippen molar-refractivity contribution in [2.45, 2.75) is 45.4 Å². The highest BCUT2D eigenvalue weighted by atomic mass is 19.1. The van der Waals surface area contributed by atoms with Crippen LogP contribution < -0.4 is 10.1 Å². The summed E-state index contributed by atoms with van der Waals surface area (Å²) in [5, 5.41) is 21.6. The molecule has 0 spiro atoms. The number of amides is 1. The van der Waals surface area contributed by atoms with E-state index in [1.807, 2.05) is 42.5 Å². The molecule has 0 aliphatic rings. The molecule has 0 radical (unpaired) electrons. The van der Waals surface area contributed by atoms with Crippen molar-refractivity contribution < 1.29 is 33.7 Å². The lowest BCUT2D eigenvalue weighted by molar-refractivity contribution is -0.136. The molecule has 0 saturated carbocycles. The predicted octanol–water partition coefficient (Wildman–Crippen LogP) is 5.26. The molecule has 3 aromatic rings. The van der Waals surface area contributed by atoms with E-state index in [9.17, 15) is 19.1 Å². The third-order valence-electron chi connectivity index (χ3n) is 5.20. The van der Waals surface area contributed by atoms with Crippen molar-refractivity contribution in [1.82, 2.24) is 5.32 Å². The Bertz CT molecular complexity index is 1220. The smallest absolute Gasteiger partial charge is 0.408 e. The number of para-hydroxylation sites is 1. The molecule has 1 atom stereocenters. The molecule has 36 heavy (non-hydrogen) atoms. The molecule has 3 N–H and O–H groups in total. The molecular weight excluding hydrogens is 465 g/mol. The van der Waals surface area contributed by atoms with E-state index in [-0.39, 0.29) is 30.9 Å². The van der Waals surface area contributed by atoms with Crippen LogP contribution in [0.15, 0.2) is 66.7 Å². The van der Waals surface area contributed by atoms with Crippen molar-refractivity contribution >= 4 is 12.1 Å². The van der Waals surface area contributed by atoms with Crippen LogP contribution in [-0.4, -0.2) is 34.5 Å². The number of halogens is 1. The molecule has 0 aromatic heterocycles. The fourth-order valence-corrected chi connectivity index (χ4v) is 3.63. The maximum absolute atomic E-state index is 14.3. The summed E-state index contributed by atoms with van der Waals surface area (Å²) in [6, 6.07) is 18.4. The molecule has 3 aromatic carbocycles. The number of rotatable bonds is 9. The van der Waals surface area contributed by atoms with Gasteiger partial charge in [-0.2, -0.15) is 0 Å². The van der Waals surface area contributed by atoms with Gasteiger partial charge >= 0.3 is 12.1 Å². The zero-order valence-electron chi connectivity index (χ0n) is 20.5. The Labute approximate surface area is 209 Å². The number of benzene rings is 3. The molecule has 1 unspecified atom stereocenters. The number of carboxylic acid groups (broad SMARTS) is 1. The molecule has 0 aliphatic carbocycles. The quantitative estimate of drug-likeness (QED) is 0.374. The van der Waals surface area contributed by atoms with E-state index in [1.165, 1.54) is 18.2 Å². The molecule has 0 aliphatic heterocycles. The Morgan fingerprint density at radius 3 is 2.33 bits per heavy atom. The van der Waals surface area contributed by atoms with Gasteiger partial charge in [0.25, 0.3) is 0 Å². The van der Waals surface area contributed by atoms with Gasteiger partial charge in [-0.15, -0.1) is 0 Å². The van der Waals surface area contributed by atoms with E-state index in [1.54, 1.807) is 26.8 Å². The van der Waals surface area contributed by atoms with Gasteiger partial charge in [0.15, 0.2) is 11.6 Å². The number of carbonyl (C=O) groups is 2. The third-order valence-corrected chi connectivity index (χ3v) is 5.20. The minimum absolute atomic E-state index is 0.0422. The Morgan fingerprint density at radius 2 is 1.67 bits per heavy atom. The first-order valence-electron chi connectivity index (χ1n) is 11.5. The largest absolute Gasteiger partial charge is 0.486 e. The van der Waals surface area contributed by atoms with Crippen LogP contribution in [0.2, 0.25) is 0 Å². The molecule has 0 bridgehead atoms. The standard InChI is InChI=1S/C28H30FNO6/c1-28(2,3)36-27(34)30-24(16-31)21-10-5-9-20(14-21)19-8-4-7-18(13-19)17-35-26-22(15-25(32)33)11-6-12-23(26)29/h4-14,24,31H,15-17H2,1-3H3,(H,30,34)(H,32,33). The van der Waals surface area contributed by atoms with Crippen LogP contribution in [0.1, 0.15) is 43.5 Å². The number of carbonyl (C=O) groups excluding carboxylic acids is 1. The number of carboxylic acids is 1. The maximum Gasteiger partial charge on any atom is 0.408 e. The zero-order valence-corrected chi connectivity index (χ0v) is 20.5. The predicted molar refractivity (Wildman–Crippen MR) is 133 cm³/mol. The summed E-state index contributed by atoms with van der Waals surface area (Å²) >= 11 is 0. The number of aliphatic carboxylic acids is 1. The number of ether oxygens (including phenoxy) is 2. The van der Waals surface area contributed by atoms with Crippen molar-refractivity contribution in [1.29, 1.82) is 0 Å². The molecule has 1 amide bonds. The lowest BCUT2D eigenvalue weighted by Crippen LogP contribution is -2.36. The van der Waals surface area contributed by atoms with Gasteiger partial charge < -0.3 is 25.0 Å². The van der Waals surface area contributed by atoms with Crippen LogP contribution in [0.3, 0.4) is 0 Å². The fraction of sp³-hybridized carbons (Fsp3) is 0.286. The number of hydrogen-bond acceptors (Lipinski definition) is 5. The van der Waals surface area contributed by atoms with Crippen molar-refractivity contribution in [3.8, 4) is 16.9 Å². The van der Waals surface area contributed by atoms with Crippen molar-refractivity contribution in [3.63, 3.8) is 0 Å². The first-order valence-corrected chi connectivity index (χ1v) is 11.5. The van der Waals surface area contributed by atoms with Crippen LogP contribution in [0.4, 0.5) is 9.18 Å². The maximum atomic E-state index is 14.3. The molecule has 7 nitrogen and oxygen atoms in total. The SMILES string of the molecule is CC(C)(C)OC(=O)NC(CO)c1cccc(-c2cccc(COc3c(F)cccc3CC(=O)O)c2)c1. The van der Waals surface area contributed by atoms with E-state index < -0.39 is 29.5 Å². The second kappa shape index (κ2) is 11.7. The third kappa shape index (κ3) is 7.55. The van der Waals surface area contributed by atoms with Crippen LogP contribution in [0.5, 0.6) is 5.75 Å². The first-order chi connectivity index (χ1) is 17.1. The Balaban J connectivity index is 1.77. The lowest BCUT2D eigenvalue weighted by Gasteiger charge is -2.23. The van der Waals surface area contributed by atoms with Crippen LogP contribution in [0, 0.1) is 5.82 Å². The number of alkyl carbamates (subject to hydrolysis) is 1. The number of hydrogen-bond donors (Lipinski definition) is 3. The van der Waals surface area contributed by atoms with Gasteiger partial charge in [-0.25, -0.2) is 9.18 Å². The van der Waals surface area contributed by atoms with E-state index in [0.717, 1.165) is 16.7 Å². The molecule has 0 heterocycles. The number of nitrogens with one attached hydrogen (secondary N) is 1. The summed E-state index contributed by atoms with van der Waals surface area (Å²) in [7, 11) is 0. The summed E-state index contributed by atoms with van der Waals surface area (Å²) in [6.07, 6.45) is -0.968. The van der Waals surface area contributed by atoms with Gasteiger partial charge in [-0.1, -0.05) is 48.5 Å². The van der Waals surface area contributed by atoms with Crippen LogP contribution in [-0.2, 0) is 22.6 Å². The monoisotopic (exact) mass is 495 g/mol. The highest BCUT2D eigenvalue weighted by Gasteiger charge is 2.20. The van der Waals surface area contributed by atoms with Crippen LogP contribution in [0.25, 0.3) is 11.1 Å². The second-order valence-electron chi connectivity index (χ2n) is 9.29. The summed E-state index contributed by atoms with van der Waals surface area (Å²) in [6.45, 7) is 5.02. The molecule has 190 valence electrons. The fourth-order valence-electron chi connectivity index (χ4n) is 3.63. The Morgan fingerprint density at radius 1 is 1.00 bits per heavy atom. The molecule has 0 fully saturated rings. The van der Waals surface area contributed by atoms with Gasteiger partial charge in [-0.05, 0) is 61.2 Å². The number of aliphatic hydroxyl groups is 1.